The van der Waals surface area contributed by atoms with Gasteiger partial charge < -0.3 is 18.9 Å². The fourth-order valence-electron chi connectivity index (χ4n) is 4.80. The molecule has 5 rings (SSSR count). The molecule has 11 heteroatoms. The van der Waals surface area contributed by atoms with Crippen LogP contribution in [0.1, 0.15) is 36.6 Å². The lowest BCUT2D eigenvalue weighted by Crippen LogP contribution is -2.40. The van der Waals surface area contributed by atoms with Crippen molar-refractivity contribution in [3.63, 3.8) is 0 Å². The van der Waals surface area contributed by atoms with Gasteiger partial charge in [-0.1, -0.05) is 63.1 Å². The number of aromatic nitrogens is 1. The van der Waals surface area contributed by atoms with Crippen LogP contribution in [0.5, 0.6) is 17.2 Å². The minimum atomic E-state index is -0.820. The van der Waals surface area contributed by atoms with E-state index in [0.29, 0.717) is 53.9 Å². The standard InChI is InChI=1S/C32H28BrClN2O6S/c1-5-41-31(38)28-18(2)35-32-36(29(28)23-15-25(39-3)26(40-4)16-24(23)33)30(37)27(43-32)14-19-8-7-11-22(13-19)42-17-20-9-6-10-21(34)12-20/h6-16,29H,5,17H2,1-4H3/b27-14-/t29-/m1/s1. The van der Waals surface area contributed by atoms with Gasteiger partial charge in [-0.25, -0.2) is 9.79 Å². The van der Waals surface area contributed by atoms with Crippen LogP contribution >= 0.6 is 38.9 Å². The molecule has 0 N–H and O–H groups in total. The first-order valence-corrected chi connectivity index (χ1v) is 15.3. The first-order chi connectivity index (χ1) is 20.7. The van der Waals surface area contributed by atoms with Crippen LogP contribution < -0.4 is 29.1 Å². The van der Waals surface area contributed by atoms with Crippen LogP contribution in [-0.2, 0) is 16.1 Å². The van der Waals surface area contributed by atoms with Crippen molar-refractivity contribution in [1.29, 1.82) is 0 Å². The second-order valence-corrected chi connectivity index (χ2v) is 11.8. The van der Waals surface area contributed by atoms with E-state index in [-0.39, 0.29) is 17.7 Å². The van der Waals surface area contributed by atoms with Crippen LogP contribution in [0.25, 0.3) is 6.08 Å². The molecular formula is C32H28BrClN2O6S. The van der Waals surface area contributed by atoms with E-state index in [1.54, 1.807) is 39.2 Å². The maximum Gasteiger partial charge on any atom is 0.338 e. The van der Waals surface area contributed by atoms with Crippen molar-refractivity contribution < 1.29 is 23.7 Å². The summed E-state index contributed by atoms with van der Waals surface area (Å²) in [6.07, 6.45) is 1.79. The van der Waals surface area contributed by atoms with E-state index in [2.05, 4.69) is 20.9 Å². The monoisotopic (exact) mass is 682 g/mol. The van der Waals surface area contributed by atoms with Gasteiger partial charge in [-0.2, -0.15) is 0 Å². The van der Waals surface area contributed by atoms with E-state index in [1.807, 2.05) is 48.5 Å². The van der Waals surface area contributed by atoms with E-state index in [9.17, 15) is 9.59 Å². The molecule has 0 aliphatic carbocycles. The summed E-state index contributed by atoms with van der Waals surface area (Å²) in [7, 11) is 3.07. The highest BCUT2D eigenvalue weighted by Crippen LogP contribution is 2.40. The van der Waals surface area contributed by atoms with Gasteiger partial charge >= 0.3 is 5.97 Å². The zero-order valence-corrected chi connectivity index (χ0v) is 27.0. The summed E-state index contributed by atoms with van der Waals surface area (Å²) in [5.74, 6) is 1.06. The maximum absolute atomic E-state index is 14.0. The quantitative estimate of drug-likeness (QED) is 0.207. The van der Waals surface area contributed by atoms with Crippen molar-refractivity contribution in [2.75, 3.05) is 20.8 Å². The summed E-state index contributed by atoms with van der Waals surface area (Å²) in [5, 5.41) is 0.644. The number of methoxy groups -OCH3 is 2. The lowest BCUT2D eigenvalue weighted by molar-refractivity contribution is -0.139. The number of allylic oxidation sites excluding steroid dienone is 1. The number of halogens is 2. The summed E-state index contributed by atoms with van der Waals surface area (Å²) in [4.78, 5) is 32.4. The molecule has 1 aromatic heterocycles. The number of benzene rings is 3. The normalized spacial score (nSPS) is 14.7. The predicted octanol–water partition coefficient (Wildman–Crippen LogP) is 5.81. The van der Waals surface area contributed by atoms with Crippen molar-refractivity contribution >= 4 is 50.9 Å². The van der Waals surface area contributed by atoms with Crippen LogP contribution in [-0.4, -0.2) is 31.4 Å². The molecule has 0 radical (unpaired) electrons. The summed E-state index contributed by atoms with van der Waals surface area (Å²) in [5.41, 5.74) is 2.79. The Morgan fingerprint density at radius 1 is 1.09 bits per heavy atom. The number of hydrogen-bond donors (Lipinski definition) is 0. The van der Waals surface area contributed by atoms with E-state index in [4.69, 9.17) is 30.5 Å². The van der Waals surface area contributed by atoms with Gasteiger partial charge in [-0.05, 0) is 73.0 Å². The molecule has 0 spiro atoms. The largest absolute Gasteiger partial charge is 0.493 e. The summed E-state index contributed by atoms with van der Waals surface area (Å²) >= 11 is 11.0. The molecule has 1 aliphatic rings. The molecule has 8 nitrogen and oxygen atoms in total. The van der Waals surface area contributed by atoms with Gasteiger partial charge in [0.25, 0.3) is 5.56 Å². The molecule has 0 amide bonds. The van der Waals surface area contributed by atoms with Gasteiger partial charge in [0, 0.05) is 9.50 Å². The molecule has 43 heavy (non-hydrogen) atoms. The third kappa shape index (κ3) is 6.41. The molecule has 1 aliphatic heterocycles. The first-order valence-electron chi connectivity index (χ1n) is 13.3. The highest BCUT2D eigenvalue weighted by Gasteiger charge is 2.35. The summed E-state index contributed by atoms with van der Waals surface area (Å²) in [6.45, 7) is 4.00. The number of esters is 1. The molecule has 222 valence electrons. The molecule has 0 fully saturated rings. The number of ether oxygens (including phenoxy) is 4. The highest BCUT2D eigenvalue weighted by atomic mass is 79.9. The highest BCUT2D eigenvalue weighted by molar-refractivity contribution is 9.10. The average molecular weight is 684 g/mol. The van der Waals surface area contributed by atoms with Gasteiger partial charge in [0.15, 0.2) is 16.3 Å². The number of nitrogens with zero attached hydrogens (tertiary/aromatic N) is 2. The molecular weight excluding hydrogens is 656 g/mol. The smallest absolute Gasteiger partial charge is 0.338 e. The van der Waals surface area contributed by atoms with Crippen LogP contribution in [0.15, 0.2) is 86.2 Å². The Bertz CT molecular complexity index is 1920. The molecule has 0 saturated carbocycles. The Hall–Kier alpha value is -3.86. The van der Waals surface area contributed by atoms with Gasteiger partial charge in [0.1, 0.15) is 12.4 Å². The zero-order valence-electron chi connectivity index (χ0n) is 23.9. The lowest BCUT2D eigenvalue weighted by Gasteiger charge is -2.26. The average Bonchev–Trinajstić information content (AvgIpc) is 3.29. The van der Waals surface area contributed by atoms with Crippen molar-refractivity contribution in [3.8, 4) is 17.2 Å². The van der Waals surface area contributed by atoms with Crippen molar-refractivity contribution in [2.45, 2.75) is 26.5 Å². The minimum absolute atomic E-state index is 0.176. The molecule has 4 aromatic rings. The van der Waals surface area contributed by atoms with E-state index >= 15 is 0 Å². The van der Waals surface area contributed by atoms with Crippen LogP contribution in [0.4, 0.5) is 0 Å². The number of rotatable bonds is 9. The van der Waals surface area contributed by atoms with Crippen LogP contribution in [0, 0.1) is 0 Å². The van der Waals surface area contributed by atoms with Crippen molar-refractivity contribution in [3.05, 3.63) is 118 Å². The number of hydrogen-bond acceptors (Lipinski definition) is 8. The predicted molar refractivity (Wildman–Crippen MR) is 170 cm³/mol. The van der Waals surface area contributed by atoms with E-state index in [0.717, 1.165) is 11.1 Å². The Balaban J connectivity index is 1.60. The molecule has 0 unspecified atom stereocenters. The Morgan fingerprint density at radius 3 is 2.56 bits per heavy atom. The second kappa shape index (κ2) is 13.2. The Labute approximate surface area is 265 Å². The number of carbonyl (C=O) groups excluding carboxylic acids is 1. The molecule has 0 bridgehead atoms. The first kappa shape index (κ1) is 30.6. The minimum Gasteiger partial charge on any atom is -0.493 e. The molecule has 2 heterocycles. The summed E-state index contributed by atoms with van der Waals surface area (Å²) < 4.78 is 25.0. The third-order valence-corrected chi connectivity index (χ3v) is 8.67. The zero-order chi connectivity index (χ0) is 30.7. The van der Waals surface area contributed by atoms with E-state index < -0.39 is 12.0 Å². The Kier molecular flexibility index (Phi) is 9.39. The van der Waals surface area contributed by atoms with Gasteiger partial charge in [-0.15, -0.1) is 0 Å². The van der Waals surface area contributed by atoms with Crippen LogP contribution in [0.3, 0.4) is 0 Å². The lowest BCUT2D eigenvalue weighted by atomic mass is 9.95. The van der Waals surface area contributed by atoms with Crippen LogP contribution in [0.2, 0.25) is 5.02 Å². The van der Waals surface area contributed by atoms with Gasteiger partial charge in [0.2, 0.25) is 0 Å². The maximum atomic E-state index is 14.0. The third-order valence-electron chi connectivity index (χ3n) is 6.76. The second-order valence-electron chi connectivity index (χ2n) is 9.52. The fourth-order valence-corrected chi connectivity index (χ4v) is 6.60. The van der Waals surface area contributed by atoms with Gasteiger partial charge in [0.05, 0.1) is 42.7 Å². The van der Waals surface area contributed by atoms with Crippen molar-refractivity contribution in [2.24, 2.45) is 4.99 Å². The number of carbonyl (C=O) groups is 1. The topological polar surface area (TPSA) is 88.4 Å². The molecule has 3 aromatic carbocycles. The SMILES string of the molecule is CCOC(=O)C1=C(C)N=c2s/c(=C\c3cccc(OCc4cccc(Cl)c4)c3)c(=O)n2[C@@H]1c1cc(OC)c(OC)cc1Br. The molecule has 0 saturated heterocycles. The van der Waals surface area contributed by atoms with Crippen molar-refractivity contribution in [1.82, 2.24) is 4.57 Å². The Morgan fingerprint density at radius 2 is 1.84 bits per heavy atom. The number of fused-ring (bicyclic) bond motifs is 1. The molecule has 1 atom stereocenters. The summed E-state index contributed by atoms with van der Waals surface area (Å²) in [6, 6.07) is 17.6. The van der Waals surface area contributed by atoms with Gasteiger partial charge in [-0.3, -0.25) is 9.36 Å². The fraction of sp³-hybridized carbons (Fsp3) is 0.219. The number of thiazole rings is 1. The van der Waals surface area contributed by atoms with E-state index in [1.165, 1.54) is 23.0 Å².